The molecule has 4 aliphatic rings. The molecule has 0 saturated carbocycles. The molecule has 25 heavy (non-hydrogen) atoms. The zero-order valence-electron chi connectivity index (χ0n) is 14.5. The van der Waals surface area contributed by atoms with E-state index in [0.29, 0.717) is 25.1 Å². The molecule has 0 atom stereocenters. The summed E-state index contributed by atoms with van der Waals surface area (Å²) in [6.07, 6.45) is 6.67. The summed E-state index contributed by atoms with van der Waals surface area (Å²) in [6.45, 7) is 5.06. The molecular formula is C17H27N5O2S. The number of nitrogens with two attached hydrogens (primary N) is 1. The lowest BCUT2D eigenvalue weighted by Crippen LogP contribution is -2.49. The van der Waals surface area contributed by atoms with Gasteiger partial charge in [0.2, 0.25) is 10.0 Å². The van der Waals surface area contributed by atoms with Gasteiger partial charge in [0.25, 0.3) is 0 Å². The van der Waals surface area contributed by atoms with E-state index in [4.69, 9.17) is 5.73 Å². The third-order valence-electron chi connectivity index (χ3n) is 5.96. The summed E-state index contributed by atoms with van der Waals surface area (Å²) in [5, 5.41) is -0.265. The van der Waals surface area contributed by atoms with Crippen molar-refractivity contribution in [3.63, 3.8) is 0 Å². The highest BCUT2D eigenvalue weighted by molar-refractivity contribution is 7.89. The molecule has 4 fully saturated rings. The normalized spacial score (nSPS) is 28.9. The lowest BCUT2D eigenvalue weighted by atomic mass is 10.1. The number of pyridine rings is 1. The van der Waals surface area contributed by atoms with Gasteiger partial charge in [0.05, 0.1) is 22.8 Å². The Morgan fingerprint density at radius 3 is 2.40 bits per heavy atom. The summed E-state index contributed by atoms with van der Waals surface area (Å²) >= 11 is 0. The largest absolute Gasteiger partial charge is 0.396 e. The van der Waals surface area contributed by atoms with Crippen LogP contribution in [0.4, 0.5) is 11.4 Å². The van der Waals surface area contributed by atoms with Crippen LogP contribution in [0.5, 0.6) is 0 Å². The van der Waals surface area contributed by atoms with Crippen molar-refractivity contribution in [1.29, 1.82) is 0 Å². The van der Waals surface area contributed by atoms with Gasteiger partial charge in [0.15, 0.2) is 0 Å². The maximum absolute atomic E-state index is 13.2. The first-order valence-electron chi connectivity index (χ1n) is 9.23. The first-order chi connectivity index (χ1) is 12.1. The van der Waals surface area contributed by atoms with Crippen molar-refractivity contribution >= 4 is 21.4 Å². The average Bonchev–Trinajstić information content (AvgIpc) is 2.97. The molecule has 2 N–H and O–H groups in total. The quantitative estimate of drug-likeness (QED) is 0.851. The maximum atomic E-state index is 13.2. The third kappa shape index (κ3) is 3.22. The number of sulfonamides is 1. The Morgan fingerprint density at radius 1 is 1.00 bits per heavy atom. The van der Waals surface area contributed by atoms with Crippen LogP contribution in [0.15, 0.2) is 18.5 Å². The second-order valence-electron chi connectivity index (χ2n) is 7.35. The molecule has 2 bridgehead atoms. The van der Waals surface area contributed by atoms with Gasteiger partial charge in [-0.1, -0.05) is 0 Å². The summed E-state index contributed by atoms with van der Waals surface area (Å²) in [5.74, 6) is 0. The van der Waals surface area contributed by atoms with Crippen molar-refractivity contribution < 1.29 is 8.42 Å². The van der Waals surface area contributed by atoms with Gasteiger partial charge in [-0.3, -0.25) is 4.98 Å². The number of aromatic nitrogens is 1. The summed E-state index contributed by atoms with van der Waals surface area (Å²) < 4.78 is 28.3. The standard InChI is InChI=1S/C17H27N5O2S/c18-16-13-19-6-1-17(16)21-9-4-15(5-10-21)25(23,24)22-12-11-20-7-2-14(22)3-8-20/h1,6,13-15H,2-5,7-12,18H2. The molecule has 0 spiro atoms. The molecule has 0 amide bonds. The van der Waals surface area contributed by atoms with Gasteiger partial charge in [-0.15, -0.1) is 0 Å². The Bertz CT molecular complexity index is 710. The molecule has 0 aliphatic carbocycles. The molecule has 5 rings (SSSR count). The van der Waals surface area contributed by atoms with Gasteiger partial charge in [-0.2, -0.15) is 4.31 Å². The van der Waals surface area contributed by atoms with E-state index in [-0.39, 0.29) is 11.3 Å². The summed E-state index contributed by atoms with van der Waals surface area (Å²) in [6, 6.07) is 2.11. The molecule has 1 aromatic rings. The van der Waals surface area contributed by atoms with Crippen LogP contribution in [0.25, 0.3) is 0 Å². The van der Waals surface area contributed by atoms with Crippen LogP contribution < -0.4 is 10.6 Å². The van der Waals surface area contributed by atoms with E-state index < -0.39 is 10.0 Å². The van der Waals surface area contributed by atoms with E-state index in [1.165, 1.54) is 0 Å². The number of hydrogen-bond acceptors (Lipinski definition) is 6. The summed E-state index contributed by atoms with van der Waals surface area (Å²) in [4.78, 5) is 8.60. The SMILES string of the molecule is Nc1cnccc1N1CCC(S(=O)(=O)N2CCN3CCC2CC3)CC1. The third-order valence-corrected chi connectivity index (χ3v) is 8.41. The molecule has 0 aromatic carbocycles. The number of anilines is 2. The lowest BCUT2D eigenvalue weighted by Gasteiger charge is -2.38. The zero-order valence-corrected chi connectivity index (χ0v) is 15.4. The minimum atomic E-state index is -3.22. The molecule has 5 heterocycles. The Hall–Kier alpha value is -1.38. The second kappa shape index (κ2) is 6.74. The molecule has 8 heteroatoms. The Kier molecular flexibility index (Phi) is 4.59. The van der Waals surface area contributed by atoms with Gasteiger partial charge in [0, 0.05) is 38.4 Å². The fourth-order valence-corrected chi connectivity index (χ4v) is 6.61. The fraction of sp³-hybridized carbons (Fsp3) is 0.706. The minimum absolute atomic E-state index is 0.206. The monoisotopic (exact) mass is 365 g/mol. The highest BCUT2D eigenvalue weighted by atomic mass is 32.2. The zero-order chi connectivity index (χ0) is 17.4. The van der Waals surface area contributed by atoms with E-state index in [0.717, 1.165) is 51.3 Å². The average molecular weight is 366 g/mol. The van der Waals surface area contributed by atoms with Crippen molar-refractivity contribution in [2.75, 3.05) is 49.9 Å². The lowest BCUT2D eigenvalue weighted by molar-refractivity contribution is 0.232. The first kappa shape index (κ1) is 17.1. The first-order valence-corrected chi connectivity index (χ1v) is 10.7. The van der Waals surface area contributed by atoms with Gasteiger partial charge in [-0.25, -0.2) is 8.42 Å². The number of hydrogen-bond donors (Lipinski definition) is 1. The van der Waals surface area contributed by atoms with Crippen molar-refractivity contribution in [2.24, 2.45) is 0 Å². The highest BCUT2D eigenvalue weighted by Gasteiger charge is 2.41. The van der Waals surface area contributed by atoms with Crippen molar-refractivity contribution in [1.82, 2.24) is 14.2 Å². The van der Waals surface area contributed by atoms with Crippen molar-refractivity contribution in [3.8, 4) is 0 Å². The molecule has 7 nitrogen and oxygen atoms in total. The van der Waals surface area contributed by atoms with Crippen molar-refractivity contribution in [2.45, 2.75) is 37.0 Å². The topological polar surface area (TPSA) is 82.8 Å². The Morgan fingerprint density at radius 2 is 1.72 bits per heavy atom. The van der Waals surface area contributed by atoms with E-state index in [9.17, 15) is 8.42 Å². The maximum Gasteiger partial charge on any atom is 0.217 e. The van der Waals surface area contributed by atoms with Crippen LogP contribution in [0, 0.1) is 0 Å². The van der Waals surface area contributed by atoms with E-state index in [2.05, 4.69) is 14.8 Å². The molecule has 4 saturated heterocycles. The Labute approximate surface area is 149 Å². The van der Waals surface area contributed by atoms with Gasteiger partial charge in [0.1, 0.15) is 0 Å². The van der Waals surface area contributed by atoms with Crippen LogP contribution >= 0.6 is 0 Å². The predicted molar refractivity (Wildman–Crippen MR) is 99.0 cm³/mol. The summed E-state index contributed by atoms with van der Waals surface area (Å²) in [5.41, 5.74) is 7.63. The number of piperidine rings is 2. The second-order valence-corrected chi connectivity index (χ2v) is 9.52. The van der Waals surface area contributed by atoms with E-state index >= 15 is 0 Å². The molecule has 0 unspecified atom stereocenters. The van der Waals surface area contributed by atoms with Crippen molar-refractivity contribution in [3.05, 3.63) is 18.5 Å². The summed E-state index contributed by atoms with van der Waals surface area (Å²) in [7, 11) is -3.22. The van der Waals surface area contributed by atoms with Crippen LogP contribution in [0.2, 0.25) is 0 Å². The van der Waals surface area contributed by atoms with E-state index in [1.54, 1.807) is 12.4 Å². The smallest absolute Gasteiger partial charge is 0.217 e. The predicted octanol–water partition coefficient (Wildman–Crippen LogP) is 0.742. The number of nitrogen functional groups attached to an aromatic ring is 1. The number of rotatable bonds is 3. The molecule has 4 aliphatic heterocycles. The van der Waals surface area contributed by atoms with Gasteiger partial charge in [-0.05, 0) is 44.8 Å². The molecule has 0 radical (unpaired) electrons. The van der Waals surface area contributed by atoms with E-state index in [1.807, 2.05) is 10.4 Å². The Balaban J connectivity index is 1.45. The minimum Gasteiger partial charge on any atom is -0.396 e. The molecular weight excluding hydrogens is 338 g/mol. The number of fused-ring (bicyclic) bond motifs is 4. The molecule has 138 valence electrons. The highest BCUT2D eigenvalue weighted by Crippen LogP contribution is 2.31. The van der Waals surface area contributed by atoms with Crippen LogP contribution in [0.3, 0.4) is 0 Å². The van der Waals surface area contributed by atoms with Gasteiger partial charge >= 0.3 is 0 Å². The van der Waals surface area contributed by atoms with Crippen LogP contribution in [-0.2, 0) is 10.0 Å². The van der Waals surface area contributed by atoms with Crippen LogP contribution in [-0.4, -0.2) is 73.2 Å². The fourth-order valence-electron chi connectivity index (χ4n) is 4.46. The number of nitrogens with zero attached hydrogens (tertiary/aromatic N) is 4. The molecule has 1 aromatic heterocycles. The van der Waals surface area contributed by atoms with Gasteiger partial charge < -0.3 is 15.5 Å². The van der Waals surface area contributed by atoms with Crippen LogP contribution in [0.1, 0.15) is 25.7 Å².